The summed E-state index contributed by atoms with van der Waals surface area (Å²) < 4.78 is 25.9. The standard InChI is InChI=1S/C16H18BrFO3/c17-12-1-2-13(14(18)9-12)15(19)11-3-6-21-16(10-11)4-7-20-8-5-16/h1-2,9,11H,3-8,10H2. The first-order valence-electron chi connectivity index (χ1n) is 7.31. The highest BCUT2D eigenvalue weighted by Gasteiger charge is 2.41. The van der Waals surface area contributed by atoms with Crippen LogP contribution in [0.25, 0.3) is 0 Å². The quantitative estimate of drug-likeness (QED) is 0.757. The molecule has 1 aromatic carbocycles. The molecule has 0 bridgehead atoms. The van der Waals surface area contributed by atoms with Gasteiger partial charge in [0.15, 0.2) is 5.78 Å². The van der Waals surface area contributed by atoms with Crippen molar-refractivity contribution >= 4 is 21.7 Å². The van der Waals surface area contributed by atoms with E-state index in [0.29, 0.717) is 37.1 Å². The Morgan fingerprint density at radius 2 is 2.05 bits per heavy atom. The molecule has 1 unspecified atom stereocenters. The van der Waals surface area contributed by atoms with Crippen LogP contribution >= 0.6 is 15.9 Å². The van der Waals surface area contributed by atoms with Gasteiger partial charge >= 0.3 is 0 Å². The molecule has 5 heteroatoms. The van der Waals surface area contributed by atoms with Crippen molar-refractivity contribution in [1.29, 1.82) is 0 Å². The summed E-state index contributed by atoms with van der Waals surface area (Å²) in [6.45, 7) is 1.91. The van der Waals surface area contributed by atoms with Crippen molar-refractivity contribution in [3.05, 3.63) is 34.1 Å². The number of carbonyl (C=O) groups excluding carboxylic acids is 1. The predicted octanol–water partition coefficient (Wildman–Crippen LogP) is 3.75. The molecule has 0 aromatic heterocycles. The second kappa shape index (κ2) is 6.15. The molecule has 0 saturated carbocycles. The van der Waals surface area contributed by atoms with Crippen molar-refractivity contribution in [3.63, 3.8) is 0 Å². The summed E-state index contributed by atoms with van der Waals surface area (Å²) in [5.74, 6) is -0.719. The van der Waals surface area contributed by atoms with E-state index in [1.54, 1.807) is 12.1 Å². The van der Waals surface area contributed by atoms with Gasteiger partial charge < -0.3 is 9.47 Å². The fourth-order valence-electron chi connectivity index (χ4n) is 3.25. The molecule has 21 heavy (non-hydrogen) atoms. The summed E-state index contributed by atoms with van der Waals surface area (Å²) in [7, 11) is 0. The highest BCUT2D eigenvalue weighted by atomic mass is 79.9. The molecule has 0 amide bonds. The van der Waals surface area contributed by atoms with Crippen LogP contribution in [0.4, 0.5) is 4.39 Å². The largest absolute Gasteiger partial charge is 0.381 e. The number of hydrogen-bond donors (Lipinski definition) is 0. The van der Waals surface area contributed by atoms with Crippen molar-refractivity contribution in [2.45, 2.75) is 31.3 Å². The summed E-state index contributed by atoms with van der Waals surface area (Å²) in [6, 6.07) is 4.62. The minimum Gasteiger partial charge on any atom is -0.381 e. The molecule has 2 aliphatic heterocycles. The van der Waals surface area contributed by atoms with Gasteiger partial charge in [-0.15, -0.1) is 0 Å². The highest BCUT2D eigenvalue weighted by molar-refractivity contribution is 9.10. The average Bonchev–Trinajstić information content (AvgIpc) is 2.47. The Morgan fingerprint density at radius 1 is 1.29 bits per heavy atom. The molecule has 114 valence electrons. The fraction of sp³-hybridized carbons (Fsp3) is 0.562. The fourth-order valence-corrected chi connectivity index (χ4v) is 3.59. The topological polar surface area (TPSA) is 35.5 Å². The van der Waals surface area contributed by atoms with Crippen LogP contribution < -0.4 is 0 Å². The predicted molar refractivity (Wildman–Crippen MR) is 79.9 cm³/mol. The van der Waals surface area contributed by atoms with Gasteiger partial charge in [0.05, 0.1) is 11.2 Å². The summed E-state index contributed by atoms with van der Waals surface area (Å²) in [5, 5.41) is 0. The van der Waals surface area contributed by atoms with Crippen molar-refractivity contribution in [1.82, 2.24) is 0 Å². The molecule has 3 rings (SSSR count). The monoisotopic (exact) mass is 356 g/mol. The van der Waals surface area contributed by atoms with Crippen LogP contribution in [0.1, 0.15) is 36.0 Å². The van der Waals surface area contributed by atoms with E-state index >= 15 is 0 Å². The molecular formula is C16H18BrFO3. The van der Waals surface area contributed by atoms with Crippen LogP contribution in [0.5, 0.6) is 0 Å². The van der Waals surface area contributed by atoms with E-state index in [1.165, 1.54) is 6.07 Å². The lowest BCUT2D eigenvalue weighted by Crippen LogP contribution is -2.46. The maximum absolute atomic E-state index is 14.0. The third-order valence-electron chi connectivity index (χ3n) is 4.46. The number of ketones is 1. The van der Waals surface area contributed by atoms with E-state index in [1.807, 2.05) is 0 Å². The minimum absolute atomic E-state index is 0.103. The lowest BCUT2D eigenvalue weighted by Gasteiger charge is -2.42. The van der Waals surface area contributed by atoms with E-state index in [-0.39, 0.29) is 22.9 Å². The van der Waals surface area contributed by atoms with Crippen molar-refractivity contribution in [3.8, 4) is 0 Å². The molecule has 0 aliphatic carbocycles. The van der Waals surface area contributed by atoms with Gasteiger partial charge in [0.2, 0.25) is 0 Å². The van der Waals surface area contributed by atoms with Crippen molar-refractivity contribution < 1.29 is 18.7 Å². The summed E-state index contributed by atoms with van der Waals surface area (Å²) in [6.07, 6.45) is 2.97. The molecule has 1 aromatic rings. The zero-order valence-corrected chi connectivity index (χ0v) is 13.3. The first kappa shape index (κ1) is 15.1. The van der Waals surface area contributed by atoms with E-state index in [4.69, 9.17) is 9.47 Å². The van der Waals surface area contributed by atoms with E-state index in [9.17, 15) is 9.18 Å². The summed E-state index contributed by atoms with van der Waals surface area (Å²) in [5.41, 5.74) is -0.0600. The van der Waals surface area contributed by atoms with Crippen LogP contribution in [-0.2, 0) is 9.47 Å². The molecule has 2 aliphatic rings. The maximum atomic E-state index is 14.0. The molecule has 1 atom stereocenters. The smallest absolute Gasteiger partial charge is 0.169 e. The zero-order valence-electron chi connectivity index (χ0n) is 11.7. The normalized spacial score (nSPS) is 25.0. The summed E-state index contributed by atoms with van der Waals surface area (Å²) in [4.78, 5) is 12.6. The highest BCUT2D eigenvalue weighted by Crippen LogP contribution is 2.38. The van der Waals surface area contributed by atoms with Crippen molar-refractivity contribution in [2.24, 2.45) is 5.92 Å². The van der Waals surface area contributed by atoms with Crippen LogP contribution in [0, 0.1) is 11.7 Å². The van der Waals surface area contributed by atoms with Crippen LogP contribution in [-0.4, -0.2) is 31.2 Å². The van der Waals surface area contributed by atoms with E-state index in [2.05, 4.69) is 15.9 Å². The number of rotatable bonds is 2. The van der Waals surface area contributed by atoms with Crippen molar-refractivity contribution in [2.75, 3.05) is 19.8 Å². The Balaban J connectivity index is 1.77. The number of hydrogen-bond acceptors (Lipinski definition) is 3. The second-order valence-electron chi connectivity index (χ2n) is 5.82. The third-order valence-corrected chi connectivity index (χ3v) is 4.96. The van der Waals surface area contributed by atoms with Crippen LogP contribution in [0.15, 0.2) is 22.7 Å². The Morgan fingerprint density at radius 3 is 2.76 bits per heavy atom. The molecule has 3 nitrogen and oxygen atoms in total. The maximum Gasteiger partial charge on any atom is 0.169 e. The van der Waals surface area contributed by atoms with Crippen LogP contribution in [0.3, 0.4) is 0 Å². The second-order valence-corrected chi connectivity index (χ2v) is 6.74. The van der Waals surface area contributed by atoms with Crippen LogP contribution in [0.2, 0.25) is 0 Å². The van der Waals surface area contributed by atoms with Gasteiger partial charge in [0, 0.05) is 30.2 Å². The minimum atomic E-state index is -0.457. The van der Waals surface area contributed by atoms with Gasteiger partial charge in [-0.1, -0.05) is 15.9 Å². The summed E-state index contributed by atoms with van der Waals surface area (Å²) >= 11 is 3.21. The zero-order chi connectivity index (χ0) is 14.9. The molecule has 2 heterocycles. The molecule has 1 spiro atoms. The van der Waals surface area contributed by atoms with E-state index < -0.39 is 5.82 Å². The Hall–Kier alpha value is -0.780. The number of carbonyl (C=O) groups is 1. The first-order chi connectivity index (χ1) is 10.1. The SMILES string of the molecule is O=C(c1ccc(Br)cc1F)C1CCOC2(CCOCC2)C1. The third kappa shape index (κ3) is 3.20. The van der Waals surface area contributed by atoms with Gasteiger partial charge in [-0.25, -0.2) is 4.39 Å². The van der Waals surface area contributed by atoms with Gasteiger partial charge in [0.1, 0.15) is 5.82 Å². The lowest BCUT2D eigenvalue weighted by molar-refractivity contribution is -0.142. The number of benzene rings is 1. The molecule has 2 saturated heterocycles. The molecular weight excluding hydrogens is 339 g/mol. The van der Waals surface area contributed by atoms with Gasteiger partial charge in [-0.3, -0.25) is 4.79 Å². The number of Topliss-reactive ketones (excluding diaryl/α,β-unsaturated/α-hetero) is 1. The van der Waals surface area contributed by atoms with E-state index in [0.717, 1.165) is 12.8 Å². The van der Waals surface area contributed by atoms with Gasteiger partial charge in [0.25, 0.3) is 0 Å². The Kier molecular flexibility index (Phi) is 4.43. The average molecular weight is 357 g/mol. The lowest BCUT2D eigenvalue weighted by atomic mass is 9.78. The first-order valence-corrected chi connectivity index (χ1v) is 8.10. The number of ether oxygens (including phenoxy) is 2. The molecule has 0 N–H and O–H groups in total. The van der Waals surface area contributed by atoms with Gasteiger partial charge in [-0.2, -0.15) is 0 Å². The Labute approximate surface area is 131 Å². The molecule has 0 radical (unpaired) electrons. The molecule has 2 fully saturated rings. The Bertz CT molecular complexity index is 535. The number of halogens is 2. The van der Waals surface area contributed by atoms with Gasteiger partial charge in [-0.05, 0) is 43.9 Å².